The van der Waals surface area contributed by atoms with Crippen LogP contribution in [0.3, 0.4) is 0 Å². The molecule has 4 rings (SSSR count). The van der Waals surface area contributed by atoms with Crippen LogP contribution < -0.4 is 15.4 Å². The van der Waals surface area contributed by atoms with E-state index in [1.54, 1.807) is 16.8 Å². The molecule has 1 aromatic heterocycles. The van der Waals surface area contributed by atoms with E-state index < -0.39 is 0 Å². The van der Waals surface area contributed by atoms with E-state index in [0.717, 1.165) is 49.8 Å². The maximum atomic E-state index is 12.2. The molecule has 162 valence electrons. The molecule has 0 saturated carbocycles. The summed E-state index contributed by atoms with van der Waals surface area (Å²) in [5, 5.41) is 16.7. The number of carbonyl (C=O) groups is 1. The van der Waals surface area contributed by atoms with Crippen molar-refractivity contribution in [3.05, 3.63) is 60.4 Å². The second-order valence-electron chi connectivity index (χ2n) is 7.06. The second kappa shape index (κ2) is 10.5. The van der Waals surface area contributed by atoms with Crippen LogP contribution in [0.15, 0.2) is 54.9 Å². The van der Waals surface area contributed by atoms with Crippen LogP contribution in [-0.2, 0) is 11.3 Å². The van der Waals surface area contributed by atoms with Gasteiger partial charge in [-0.1, -0.05) is 12.1 Å². The molecule has 10 nitrogen and oxygen atoms in total. The van der Waals surface area contributed by atoms with Crippen LogP contribution in [0.25, 0.3) is 5.69 Å². The predicted molar refractivity (Wildman–Crippen MR) is 114 cm³/mol. The van der Waals surface area contributed by atoms with E-state index in [2.05, 4.69) is 31.1 Å². The highest BCUT2D eigenvalue weighted by Gasteiger charge is 2.10. The van der Waals surface area contributed by atoms with E-state index in [4.69, 9.17) is 9.47 Å². The average Bonchev–Trinajstić information content (AvgIpc) is 3.34. The number of morpholine rings is 1. The SMILES string of the molecule is O=C(NCc1cccc(OCCN2CCOCC2)c1)Nc1ccc(-n2cnnn2)cc1. The molecule has 0 aliphatic carbocycles. The fourth-order valence-electron chi connectivity index (χ4n) is 3.20. The molecule has 1 saturated heterocycles. The summed E-state index contributed by atoms with van der Waals surface area (Å²) in [6, 6.07) is 14.7. The second-order valence-corrected chi connectivity index (χ2v) is 7.06. The third-order valence-electron chi connectivity index (χ3n) is 4.87. The molecule has 0 bridgehead atoms. The van der Waals surface area contributed by atoms with Crippen molar-refractivity contribution in [2.24, 2.45) is 0 Å². The van der Waals surface area contributed by atoms with E-state index >= 15 is 0 Å². The van der Waals surface area contributed by atoms with Gasteiger partial charge in [-0.25, -0.2) is 9.48 Å². The lowest BCUT2D eigenvalue weighted by molar-refractivity contribution is 0.0322. The highest BCUT2D eigenvalue weighted by Crippen LogP contribution is 2.14. The van der Waals surface area contributed by atoms with Gasteiger partial charge in [-0.3, -0.25) is 4.90 Å². The average molecular weight is 423 g/mol. The lowest BCUT2D eigenvalue weighted by Crippen LogP contribution is -2.38. The van der Waals surface area contributed by atoms with Crippen LogP contribution in [0.4, 0.5) is 10.5 Å². The van der Waals surface area contributed by atoms with Gasteiger partial charge in [-0.15, -0.1) is 5.10 Å². The van der Waals surface area contributed by atoms with E-state index in [-0.39, 0.29) is 6.03 Å². The third kappa shape index (κ3) is 6.24. The minimum atomic E-state index is -0.284. The number of aromatic nitrogens is 4. The van der Waals surface area contributed by atoms with E-state index in [1.165, 1.54) is 6.33 Å². The zero-order valence-corrected chi connectivity index (χ0v) is 17.1. The number of nitrogens with one attached hydrogen (secondary N) is 2. The Hall–Kier alpha value is -3.50. The largest absolute Gasteiger partial charge is 0.492 e. The maximum absolute atomic E-state index is 12.2. The summed E-state index contributed by atoms with van der Waals surface area (Å²) < 4.78 is 12.8. The quantitative estimate of drug-likeness (QED) is 0.568. The molecule has 0 spiro atoms. The molecule has 2 amide bonds. The molecule has 2 N–H and O–H groups in total. The van der Waals surface area contributed by atoms with Crippen molar-refractivity contribution in [2.75, 3.05) is 44.8 Å². The molecule has 10 heteroatoms. The van der Waals surface area contributed by atoms with Gasteiger partial charge in [0.05, 0.1) is 18.9 Å². The van der Waals surface area contributed by atoms with Gasteiger partial charge in [-0.05, 0) is 52.4 Å². The molecule has 1 fully saturated rings. The molecule has 2 aromatic carbocycles. The normalized spacial score (nSPS) is 14.2. The molecule has 3 aromatic rings. The Kier molecular flexibility index (Phi) is 7.04. The minimum Gasteiger partial charge on any atom is -0.492 e. The van der Waals surface area contributed by atoms with Gasteiger partial charge in [0.2, 0.25) is 0 Å². The summed E-state index contributed by atoms with van der Waals surface area (Å²) in [6.45, 7) is 5.36. The lowest BCUT2D eigenvalue weighted by Gasteiger charge is -2.26. The third-order valence-corrected chi connectivity index (χ3v) is 4.87. The molecule has 0 atom stereocenters. The Morgan fingerprint density at radius 1 is 1.13 bits per heavy atom. The smallest absolute Gasteiger partial charge is 0.319 e. The topological polar surface area (TPSA) is 106 Å². The summed E-state index contributed by atoms with van der Waals surface area (Å²) in [6.07, 6.45) is 1.51. The Labute approximate surface area is 180 Å². The molecule has 1 aliphatic heterocycles. The number of anilines is 1. The molecular weight excluding hydrogens is 398 g/mol. The molecule has 0 unspecified atom stereocenters. The lowest BCUT2D eigenvalue weighted by atomic mass is 10.2. The van der Waals surface area contributed by atoms with Gasteiger partial charge in [-0.2, -0.15) is 0 Å². The van der Waals surface area contributed by atoms with Gasteiger partial charge in [0.25, 0.3) is 0 Å². The number of amides is 2. The number of hydrogen-bond acceptors (Lipinski definition) is 7. The molecule has 2 heterocycles. The summed E-state index contributed by atoms with van der Waals surface area (Å²) >= 11 is 0. The number of nitrogens with zero attached hydrogens (tertiary/aromatic N) is 5. The first-order valence-electron chi connectivity index (χ1n) is 10.2. The fourth-order valence-corrected chi connectivity index (χ4v) is 3.20. The molecule has 1 aliphatic rings. The standard InChI is InChI=1S/C21H25N7O3/c29-21(24-18-4-6-19(7-5-18)28-16-23-25-26-28)22-15-17-2-1-3-20(14-17)31-13-10-27-8-11-30-12-9-27/h1-7,14,16H,8-13,15H2,(H2,22,24,29). The Balaban J connectivity index is 1.21. The van der Waals surface area contributed by atoms with Gasteiger partial charge in [0, 0.05) is 31.9 Å². The van der Waals surface area contributed by atoms with Gasteiger partial charge >= 0.3 is 6.03 Å². The molecule has 31 heavy (non-hydrogen) atoms. The summed E-state index contributed by atoms with van der Waals surface area (Å²) in [7, 11) is 0. The highest BCUT2D eigenvalue weighted by molar-refractivity contribution is 5.89. The van der Waals surface area contributed by atoms with Crippen molar-refractivity contribution < 1.29 is 14.3 Å². The first-order chi connectivity index (χ1) is 15.3. The zero-order chi connectivity index (χ0) is 21.3. The fraction of sp³-hybridized carbons (Fsp3) is 0.333. The van der Waals surface area contributed by atoms with Gasteiger partial charge in [0.15, 0.2) is 0 Å². The van der Waals surface area contributed by atoms with Crippen molar-refractivity contribution in [1.82, 2.24) is 30.4 Å². The summed E-state index contributed by atoms with van der Waals surface area (Å²) in [5.41, 5.74) is 2.45. The monoisotopic (exact) mass is 423 g/mol. The molecular formula is C21H25N7O3. The number of benzene rings is 2. The summed E-state index contributed by atoms with van der Waals surface area (Å²) in [4.78, 5) is 14.6. The van der Waals surface area contributed by atoms with Crippen molar-refractivity contribution in [1.29, 1.82) is 0 Å². The number of tetrazole rings is 1. The molecule has 0 radical (unpaired) electrons. The van der Waals surface area contributed by atoms with E-state index in [1.807, 2.05) is 36.4 Å². The van der Waals surface area contributed by atoms with Crippen LogP contribution in [-0.4, -0.2) is 70.6 Å². The van der Waals surface area contributed by atoms with Crippen LogP contribution in [0.2, 0.25) is 0 Å². The van der Waals surface area contributed by atoms with Crippen LogP contribution in [0.1, 0.15) is 5.56 Å². The van der Waals surface area contributed by atoms with Gasteiger partial charge < -0.3 is 20.1 Å². The first kappa shape index (κ1) is 20.8. The predicted octanol–water partition coefficient (Wildman–Crippen LogP) is 1.69. The number of urea groups is 1. The van der Waals surface area contributed by atoms with Crippen LogP contribution in [0, 0.1) is 0 Å². The Morgan fingerprint density at radius 2 is 1.97 bits per heavy atom. The Morgan fingerprint density at radius 3 is 2.74 bits per heavy atom. The van der Waals surface area contributed by atoms with Crippen molar-refractivity contribution >= 4 is 11.7 Å². The summed E-state index contributed by atoms with van der Waals surface area (Å²) in [5.74, 6) is 0.797. The number of rotatable bonds is 8. The highest BCUT2D eigenvalue weighted by atomic mass is 16.5. The van der Waals surface area contributed by atoms with Crippen LogP contribution >= 0.6 is 0 Å². The van der Waals surface area contributed by atoms with Crippen molar-refractivity contribution in [2.45, 2.75) is 6.54 Å². The number of ether oxygens (including phenoxy) is 2. The van der Waals surface area contributed by atoms with Crippen LogP contribution in [0.5, 0.6) is 5.75 Å². The minimum absolute atomic E-state index is 0.284. The Bertz CT molecular complexity index is 957. The number of hydrogen-bond donors (Lipinski definition) is 2. The van der Waals surface area contributed by atoms with E-state index in [9.17, 15) is 4.79 Å². The maximum Gasteiger partial charge on any atom is 0.319 e. The van der Waals surface area contributed by atoms with Crippen molar-refractivity contribution in [3.8, 4) is 11.4 Å². The first-order valence-corrected chi connectivity index (χ1v) is 10.2. The zero-order valence-electron chi connectivity index (χ0n) is 17.1. The van der Waals surface area contributed by atoms with Crippen molar-refractivity contribution in [3.63, 3.8) is 0 Å². The van der Waals surface area contributed by atoms with Gasteiger partial charge in [0.1, 0.15) is 18.7 Å². The van der Waals surface area contributed by atoms with E-state index in [0.29, 0.717) is 18.8 Å². The number of carbonyl (C=O) groups excluding carboxylic acids is 1.